The average Bonchev–Trinajstić information content (AvgIpc) is 3.65. The van der Waals surface area contributed by atoms with E-state index < -0.39 is 5.25 Å². The molecule has 3 aromatic carbocycles. The molecule has 1 aromatic heterocycles. The van der Waals surface area contributed by atoms with Crippen molar-refractivity contribution in [1.29, 1.82) is 0 Å². The predicted molar refractivity (Wildman–Crippen MR) is 132 cm³/mol. The first-order valence-electron chi connectivity index (χ1n) is 11.3. The van der Waals surface area contributed by atoms with Crippen LogP contribution in [0.3, 0.4) is 0 Å². The molecule has 1 saturated carbocycles. The lowest BCUT2D eigenvalue weighted by Crippen LogP contribution is -2.31. The standard InChI is InChI=1S/C27H24FN3O2S/c1-17-6-8-18(9-7-17)16-31-26(33)22-4-2-3-5-23(22)30-27(31)34-24(25(32)29-21-14-15-21)19-10-12-20(28)13-11-19/h2-13,21,24H,14-16H2,1H3,(H,29,32). The number of halogens is 1. The highest BCUT2D eigenvalue weighted by Gasteiger charge is 2.30. The monoisotopic (exact) mass is 473 g/mol. The maximum Gasteiger partial charge on any atom is 0.262 e. The topological polar surface area (TPSA) is 64.0 Å². The number of para-hydroxylation sites is 1. The van der Waals surface area contributed by atoms with Crippen LogP contribution in [0.25, 0.3) is 10.9 Å². The number of fused-ring (bicyclic) bond motifs is 1. The minimum Gasteiger partial charge on any atom is -0.352 e. The van der Waals surface area contributed by atoms with Gasteiger partial charge in [0.1, 0.15) is 11.1 Å². The van der Waals surface area contributed by atoms with E-state index in [1.54, 1.807) is 28.8 Å². The van der Waals surface area contributed by atoms with Gasteiger partial charge in [0.2, 0.25) is 5.91 Å². The molecule has 1 atom stereocenters. The van der Waals surface area contributed by atoms with Crippen molar-refractivity contribution >= 4 is 28.6 Å². The predicted octanol–water partition coefficient (Wildman–Crippen LogP) is 5.00. The van der Waals surface area contributed by atoms with E-state index in [4.69, 9.17) is 4.98 Å². The fourth-order valence-corrected chi connectivity index (χ4v) is 4.88. The largest absolute Gasteiger partial charge is 0.352 e. The molecule has 1 unspecified atom stereocenters. The molecule has 1 fully saturated rings. The van der Waals surface area contributed by atoms with E-state index in [2.05, 4.69) is 5.32 Å². The number of hydrogen-bond acceptors (Lipinski definition) is 4. The van der Waals surface area contributed by atoms with Gasteiger partial charge in [-0.2, -0.15) is 0 Å². The van der Waals surface area contributed by atoms with E-state index in [0.29, 0.717) is 28.2 Å². The van der Waals surface area contributed by atoms with E-state index in [-0.39, 0.29) is 23.3 Å². The molecule has 7 heteroatoms. The number of amides is 1. The normalized spacial score (nSPS) is 14.2. The van der Waals surface area contributed by atoms with Crippen LogP contribution in [0.15, 0.2) is 82.7 Å². The molecule has 1 aliphatic carbocycles. The summed E-state index contributed by atoms with van der Waals surface area (Å²) < 4.78 is 15.2. The van der Waals surface area contributed by atoms with Gasteiger partial charge in [0.15, 0.2) is 5.16 Å². The minimum atomic E-state index is -0.668. The highest BCUT2D eigenvalue weighted by molar-refractivity contribution is 8.00. The van der Waals surface area contributed by atoms with Gasteiger partial charge < -0.3 is 5.32 Å². The molecule has 5 nitrogen and oxygen atoms in total. The van der Waals surface area contributed by atoms with Gasteiger partial charge in [0, 0.05) is 6.04 Å². The van der Waals surface area contributed by atoms with Gasteiger partial charge in [-0.3, -0.25) is 14.2 Å². The van der Waals surface area contributed by atoms with E-state index >= 15 is 0 Å². The zero-order chi connectivity index (χ0) is 23.7. The fourth-order valence-electron chi connectivity index (χ4n) is 3.77. The maximum atomic E-state index is 13.6. The number of thioether (sulfide) groups is 1. The lowest BCUT2D eigenvalue weighted by atomic mass is 10.1. The van der Waals surface area contributed by atoms with Crippen LogP contribution in [0.4, 0.5) is 4.39 Å². The van der Waals surface area contributed by atoms with Crippen LogP contribution in [0.5, 0.6) is 0 Å². The number of hydrogen-bond donors (Lipinski definition) is 1. The van der Waals surface area contributed by atoms with Crippen LogP contribution in [-0.4, -0.2) is 21.5 Å². The van der Waals surface area contributed by atoms with Crippen molar-refractivity contribution in [3.05, 3.63) is 106 Å². The SMILES string of the molecule is Cc1ccc(Cn2c(SC(C(=O)NC3CC3)c3ccc(F)cc3)nc3ccccc3c2=O)cc1. The zero-order valence-corrected chi connectivity index (χ0v) is 19.5. The van der Waals surface area contributed by atoms with E-state index in [1.165, 1.54) is 23.9 Å². The van der Waals surface area contributed by atoms with Crippen molar-refractivity contribution in [2.45, 2.75) is 42.8 Å². The van der Waals surface area contributed by atoms with Crippen molar-refractivity contribution in [2.75, 3.05) is 0 Å². The Hall–Kier alpha value is -3.45. The van der Waals surface area contributed by atoms with Crippen LogP contribution in [0.1, 0.15) is 34.8 Å². The summed E-state index contributed by atoms with van der Waals surface area (Å²) in [5.74, 6) is -0.529. The molecule has 34 heavy (non-hydrogen) atoms. The molecule has 1 heterocycles. The van der Waals surface area contributed by atoms with Crippen molar-refractivity contribution in [3.8, 4) is 0 Å². The molecule has 0 bridgehead atoms. The van der Waals surface area contributed by atoms with Gasteiger partial charge >= 0.3 is 0 Å². The first-order chi connectivity index (χ1) is 16.5. The lowest BCUT2D eigenvalue weighted by Gasteiger charge is -2.19. The molecule has 0 aliphatic heterocycles. The molecule has 1 aliphatic rings. The number of rotatable bonds is 7. The summed E-state index contributed by atoms with van der Waals surface area (Å²) in [6.45, 7) is 2.35. The molecular formula is C27H24FN3O2S. The second-order valence-electron chi connectivity index (χ2n) is 8.62. The van der Waals surface area contributed by atoms with Crippen molar-refractivity contribution in [1.82, 2.24) is 14.9 Å². The maximum absolute atomic E-state index is 13.6. The third-order valence-corrected chi connectivity index (χ3v) is 7.09. The zero-order valence-electron chi connectivity index (χ0n) is 18.7. The summed E-state index contributed by atoms with van der Waals surface area (Å²) in [4.78, 5) is 31.5. The number of nitrogens with zero attached hydrogens (tertiary/aromatic N) is 2. The van der Waals surface area contributed by atoms with Gasteiger partial charge in [0.25, 0.3) is 5.56 Å². The summed E-state index contributed by atoms with van der Waals surface area (Å²) >= 11 is 1.22. The number of aryl methyl sites for hydroxylation is 1. The number of benzene rings is 3. The Balaban J connectivity index is 1.59. The fraction of sp³-hybridized carbons (Fsp3) is 0.222. The van der Waals surface area contributed by atoms with Crippen LogP contribution in [0, 0.1) is 12.7 Å². The summed E-state index contributed by atoms with van der Waals surface area (Å²) in [7, 11) is 0. The van der Waals surface area contributed by atoms with E-state index in [9.17, 15) is 14.0 Å². The third kappa shape index (κ3) is 4.89. The first kappa shape index (κ1) is 22.3. The van der Waals surface area contributed by atoms with Crippen LogP contribution < -0.4 is 10.9 Å². The average molecular weight is 474 g/mol. The quantitative estimate of drug-likeness (QED) is 0.303. The Morgan fingerprint density at radius 1 is 1.09 bits per heavy atom. The molecule has 172 valence electrons. The molecule has 1 amide bonds. The first-order valence-corrected chi connectivity index (χ1v) is 12.1. The van der Waals surface area contributed by atoms with E-state index in [0.717, 1.165) is 24.0 Å². The molecule has 0 saturated heterocycles. The second-order valence-corrected chi connectivity index (χ2v) is 9.69. The Kier molecular flexibility index (Phi) is 6.20. The van der Waals surface area contributed by atoms with Crippen LogP contribution in [0.2, 0.25) is 0 Å². The molecule has 1 N–H and O–H groups in total. The van der Waals surface area contributed by atoms with Gasteiger partial charge in [-0.1, -0.05) is 65.9 Å². The number of nitrogens with one attached hydrogen (secondary N) is 1. The van der Waals surface area contributed by atoms with Crippen molar-refractivity contribution < 1.29 is 9.18 Å². The minimum absolute atomic E-state index is 0.158. The Labute approximate surface area is 201 Å². The van der Waals surface area contributed by atoms with Crippen LogP contribution >= 0.6 is 11.8 Å². The summed E-state index contributed by atoms with van der Waals surface area (Å²) in [5.41, 5.74) is 3.18. The number of carbonyl (C=O) groups is 1. The van der Waals surface area contributed by atoms with Gasteiger partial charge in [0.05, 0.1) is 17.4 Å². The van der Waals surface area contributed by atoms with Gasteiger partial charge in [-0.05, 0) is 55.2 Å². The van der Waals surface area contributed by atoms with E-state index in [1.807, 2.05) is 43.3 Å². The van der Waals surface area contributed by atoms with Crippen molar-refractivity contribution in [3.63, 3.8) is 0 Å². The van der Waals surface area contributed by atoms with Crippen LogP contribution in [-0.2, 0) is 11.3 Å². The Morgan fingerprint density at radius 2 is 1.79 bits per heavy atom. The second kappa shape index (κ2) is 9.43. The highest BCUT2D eigenvalue weighted by Crippen LogP contribution is 2.36. The van der Waals surface area contributed by atoms with Gasteiger partial charge in [-0.25, -0.2) is 9.37 Å². The summed E-state index contributed by atoms with van der Waals surface area (Å²) in [6.07, 6.45) is 1.91. The summed E-state index contributed by atoms with van der Waals surface area (Å²) in [6, 6.07) is 21.3. The molecule has 4 aromatic rings. The Bertz CT molecular complexity index is 1400. The third-order valence-electron chi connectivity index (χ3n) is 5.85. The Morgan fingerprint density at radius 3 is 2.50 bits per heavy atom. The lowest BCUT2D eigenvalue weighted by molar-refractivity contribution is -0.120. The summed E-state index contributed by atoms with van der Waals surface area (Å²) in [5, 5.41) is 3.35. The number of carbonyl (C=O) groups excluding carboxylic acids is 1. The van der Waals surface area contributed by atoms with Gasteiger partial charge in [-0.15, -0.1) is 0 Å². The van der Waals surface area contributed by atoms with Crippen molar-refractivity contribution in [2.24, 2.45) is 0 Å². The molecular weight excluding hydrogens is 449 g/mol. The highest BCUT2D eigenvalue weighted by atomic mass is 32.2. The number of aromatic nitrogens is 2. The molecule has 0 spiro atoms. The molecule has 0 radical (unpaired) electrons. The molecule has 5 rings (SSSR count). The smallest absolute Gasteiger partial charge is 0.262 e.